The predicted octanol–water partition coefficient (Wildman–Crippen LogP) is 2.80. The highest BCUT2D eigenvalue weighted by Gasteiger charge is 2.22. The molecule has 0 aliphatic carbocycles. The molecule has 122 valence electrons. The number of carbonyl (C=O) groups is 1. The van der Waals surface area contributed by atoms with E-state index >= 15 is 0 Å². The Morgan fingerprint density at radius 2 is 2.09 bits per heavy atom. The van der Waals surface area contributed by atoms with E-state index in [1.807, 2.05) is 11.8 Å². The van der Waals surface area contributed by atoms with E-state index in [-0.39, 0.29) is 5.91 Å². The lowest BCUT2D eigenvalue weighted by atomic mass is 10.1. The third-order valence-corrected chi connectivity index (χ3v) is 4.92. The van der Waals surface area contributed by atoms with E-state index in [0.717, 1.165) is 30.4 Å². The van der Waals surface area contributed by atoms with Gasteiger partial charge in [-0.2, -0.15) is 11.8 Å². The molecule has 2 rings (SSSR count). The van der Waals surface area contributed by atoms with E-state index in [0.29, 0.717) is 31.2 Å². The number of nitrogens with one attached hydrogen (secondary N) is 1. The summed E-state index contributed by atoms with van der Waals surface area (Å²) >= 11 is 1.94. The van der Waals surface area contributed by atoms with Crippen molar-refractivity contribution in [3.63, 3.8) is 0 Å². The van der Waals surface area contributed by atoms with Crippen LogP contribution in [-0.4, -0.2) is 41.4 Å². The molecule has 1 aromatic rings. The molecule has 1 fully saturated rings. The highest BCUT2D eigenvalue weighted by atomic mass is 32.2. The summed E-state index contributed by atoms with van der Waals surface area (Å²) in [4.78, 5) is 13.2. The van der Waals surface area contributed by atoms with Crippen molar-refractivity contribution in [3.8, 4) is 0 Å². The molecule has 0 unspecified atom stereocenters. The van der Waals surface area contributed by atoms with Crippen molar-refractivity contribution < 1.29 is 13.6 Å². The molecule has 0 bridgehead atoms. The molecule has 1 amide bonds. The van der Waals surface area contributed by atoms with Gasteiger partial charge in [0.25, 0.3) is 0 Å². The van der Waals surface area contributed by atoms with Crippen molar-refractivity contribution in [3.05, 3.63) is 35.4 Å². The van der Waals surface area contributed by atoms with Crippen LogP contribution in [0, 0.1) is 11.6 Å². The lowest BCUT2D eigenvalue weighted by molar-refractivity contribution is -0.119. The van der Waals surface area contributed by atoms with Crippen LogP contribution in [0.3, 0.4) is 0 Å². The summed E-state index contributed by atoms with van der Waals surface area (Å²) < 4.78 is 26.9. The van der Waals surface area contributed by atoms with Gasteiger partial charge in [0, 0.05) is 44.2 Å². The van der Waals surface area contributed by atoms with Gasteiger partial charge in [-0.1, -0.05) is 6.07 Å². The van der Waals surface area contributed by atoms with Crippen LogP contribution < -0.4 is 5.32 Å². The molecular formula is C16H22F2N2OS. The molecular weight excluding hydrogens is 306 g/mol. The molecule has 0 spiro atoms. The molecule has 3 nitrogen and oxygen atoms in total. The number of benzene rings is 1. The molecule has 0 atom stereocenters. The topological polar surface area (TPSA) is 32.3 Å². The van der Waals surface area contributed by atoms with Crippen molar-refractivity contribution >= 4 is 17.7 Å². The Hall–Kier alpha value is -1.14. The van der Waals surface area contributed by atoms with Crippen molar-refractivity contribution in [2.75, 3.05) is 24.6 Å². The fraction of sp³-hybridized carbons (Fsp3) is 0.562. The van der Waals surface area contributed by atoms with Crippen LogP contribution in [-0.2, 0) is 11.3 Å². The van der Waals surface area contributed by atoms with Crippen molar-refractivity contribution in [1.82, 2.24) is 10.2 Å². The molecule has 1 saturated heterocycles. The van der Waals surface area contributed by atoms with Gasteiger partial charge in [-0.3, -0.25) is 9.69 Å². The minimum atomic E-state index is -0.555. The van der Waals surface area contributed by atoms with E-state index in [9.17, 15) is 13.6 Å². The summed E-state index contributed by atoms with van der Waals surface area (Å²) in [5, 5.41) is 2.79. The Labute approximate surface area is 134 Å². The fourth-order valence-electron chi connectivity index (χ4n) is 2.69. The highest BCUT2D eigenvalue weighted by molar-refractivity contribution is 7.99. The van der Waals surface area contributed by atoms with Gasteiger partial charge < -0.3 is 5.32 Å². The zero-order valence-corrected chi connectivity index (χ0v) is 13.6. The van der Waals surface area contributed by atoms with Gasteiger partial charge in [0.15, 0.2) is 0 Å². The summed E-state index contributed by atoms with van der Waals surface area (Å²) in [5.41, 5.74) is 0.502. The average molecular weight is 328 g/mol. The molecule has 1 N–H and O–H groups in total. The van der Waals surface area contributed by atoms with E-state index in [4.69, 9.17) is 0 Å². The first-order valence-corrected chi connectivity index (χ1v) is 8.72. The van der Waals surface area contributed by atoms with Gasteiger partial charge in [-0.05, 0) is 30.4 Å². The van der Waals surface area contributed by atoms with Crippen LogP contribution in [0.5, 0.6) is 0 Å². The number of hydrogen-bond acceptors (Lipinski definition) is 3. The van der Waals surface area contributed by atoms with Crippen LogP contribution in [0.4, 0.5) is 8.78 Å². The number of nitrogens with zero attached hydrogens (tertiary/aromatic N) is 1. The maximum atomic E-state index is 13.9. The van der Waals surface area contributed by atoms with Gasteiger partial charge >= 0.3 is 0 Å². The van der Waals surface area contributed by atoms with Gasteiger partial charge in [-0.25, -0.2) is 8.78 Å². The Balaban J connectivity index is 2.03. The molecule has 0 saturated carbocycles. The largest absolute Gasteiger partial charge is 0.355 e. The molecule has 22 heavy (non-hydrogen) atoms. The maximum Gasteiger partial charge on any atom is 0.216 e. The summed E-state index contributed by atoms with van der Waals surface area (Å²) in [6.45, 7) is 3.15. The lowest BCUT2D eigenvalue weighted by Crippen LogP contribution is -2.42. The van der Waals surface area contributed by atoms with E-state index in [2.05, 4.69) is 10.2 Å². The van der Waals surface area contributed by atoms with Gasteiger partial charge in [-0.15, -0.1) is 0 Å². The first-order valence-electron chi connectivity index (χ1n) is 7.56. The van der Waals surface area contributed by atoms with Crippen LogP contribution in [0.1, 0.15) is 25.3 Å². The Bertz CT molecular complexity index is 507. The van der Waals surface area contributed by atoms with Gasteiger partial charge in [0.1, 0.15) is 11.6 Å². The normalized spacial score (nSPS) is 16.0. The van der Waals surface area contributed by atoms with Crippen molar-refractivity contribution in [1.29, 1.82) is 0 Å². The third-order valence-electron chi connectivity index (χ3n) is 3.87. The minimum absolute atomic E-state index is 0.0629. The summed E-state index contributed by atoms with van der Waals surface area (Å²) in [7, 11) is 0. The number of amides is 1. The summed E-state index contributed by atoms with van der Waals surface area (Å²) in [5.74, 6) is 1.09. The lowest BCUT2D eigenvalue weighted by Gasteiger charge is -2.34. The maximum absolute atomic E-state index is 13.9. The van der Waals surface area contributed by atoms with E-state index in [1.54, 1.807) is 0 Å². The Morgan fingerprint density at radius 1 is 1.36 bits per heavy atom. The fourth-order valence-corrected chi connectivity index (χ4v) is 3.77. The SMILES string of the molecule is CC(=O)NCCN(Cc1ccc(F)cc1F)C1CCSCC1. The first kappa shape index (κ1) is 17.2. The van der Waals surface area contributed by atoms with E-state index < -0.39 is 11.6 Å². The van der Waals surface area contributed by atoms with Crippen LogP contribution in [0.15, 0.2) is 18.2 Å². The Kier molecular flexibility index (Phi) is 6.64. The molecule has 1 aliphatic rings. The standard InChI is InChI=1S/C16H22F2N2OS/c1-12(21)19-6-7-20(15-4-8-22-9-5-15)11-13-2-3-14(17)10-16(13)18/h2-3,10,15H,4-9,11H2,1H3,(H,19,21). The number of rotatable bonds is 6. The van der Waals surface area contributed by atoms with Gasteiger partial charge in [0.05, 0.1) is 0 Å². The van der Waals surface area contributed by atoms with Crippen LogP contribution >= 0.6 is 11.8 Å². The number of carbonyl (C=O) groups excluding carboxylic acids is 1. The summed E-state index contributed by atoms with van der Waals surface area (Å²) in [6.07, 6.45) is 2.13. The number of thioether (sulfide) groups is 1. The third kappa shape index (κ3) is 5.25. The number of halogens is 2. The zero-order chi connectivity index (χ0) is 15.9. The van der Waals surface area contributed by atoms with Crippen molar-refractivity contribution in [2.45, 2.75) is 32.4 Å². The second-order valence-corrected chi connectivity index (χ2v) is 6.76. The van der Waals surface area contributed by atoms with Crippen LogP contribution in [0.2, 0.25) is 0 Å². The Morgan fingerprint density at radius 3 is 2.73 bits per heavy atom. The minimum Gasteiger partial charge on any atom is -0.355 e. The van der Waals surface area contributed by atoms with E-state index in [1.165, 1.54) is 19.1 Å². The highest BCUT2D eigenvalue weighted by Crippen LogP contribution is 2.23. The zero-order valence-electron chi connectivity index (χ0n) is 12.8. The molecule has 0 radical (unpaired) electrons. The molecule has 6 heteroatoms. The predicted molar refractivity (Wildman–Crippen MR) is 85.8 cm³/mol. The number of hydrogen-bond donors (Lipinski definition) is 1. The smallest absolute Gasteiger partial charge is 0.216 e. The van der Waals surface area contributed by atoms with Gasteiger partial charge in [0.2, 0.25) is 5.91 Å². The molecule has 1 heterocycles. The molecule has 1 aromatic carbocycles. The monoisotopic (exact) mass is 328 g/mol. The summed E-state index contributed by atoms with van der Waals surface area (Å²) in [6, 6.07) is 4.12. The van der Waals surface area contributed by atoms with Crippen LogP contribution in [0.25, 0.3) is 0 Å². The molecule has 0 aromatic heterocycles. The second kappa shape index (κ2) is 8.48. The van der Waals surface area contributed by atoms with Crippen molar-refractivity contribution in [2.24, 2.45) is 0 Å². The second-order valence-electron chi connectivity index (χ2n) is 5.53. The quantitative estimate of drug-likeness (QED) is 0.871. The first-order chi connectivity index (χ1) is 10.6. The average Bonchev–Trinajstić information content (AvgIpc) is 2.49. The molecule has 1 aliphatic heterocycles.